The number of pyridine rings is 1. The van der Waals surface area contributed by atoms with Gasteiger partial charge in [-0.1, -0.05) is 19.1 Å². The van der Waals surface area contributed by atoms with Gasteiger partial charge in [0.25, 0.3) is 5.56 Å². The molecule has 170 valence electrons. The summed E-state index contributed by atoms with van der Waals surface area (Å²) in [5.41, 5.74) is 1.68. The van der Waals surface area contributed by atoms with Crippen molar-refractivity contribution in [2.45, 2.75) is 38.1 Å². The van der Waals surface area contributed by atoms with Crippen LogP contribution in [-0.2, 0) is 11.3 Å². The second-order valence-electron chi connectivity index (χ2n) is 9.47. The molecule has 2 fully saturated rings. The lowest BCUT2D eigenvalue weighted by Crippen LogP contribution is -2.24. The van der Waals surface area contributed by atoms with Crippen LogP contribution in [0.3, 0.4) is 0 Å². The van der Waals surface area contributed by atoms with E-state index in [2.05, 4.69) is 45.0 Å². The molecule has 0 amide bonds. The Kier molecular flexibility index (Phi) is 5.19. The van der Waals surface area contributed by atoms with Gasteiger partial charge in [0.05, 0.1) is 6.20 Å². The highest BCUT2D eigenvalue weighted by Gasteiger charge is 2.33. The number of rotatable bonds is 4. The fourth-order valence-corrected chi connectivity index (χ4v) is 5.38. The van der Waals surface area contributed by atoms with Crippen molar-refractivity contribution >= 4 is 16.3 Å². The maximum Gasteiger partial charge on any atom is 0.276 e. The fourth-order valence-electron chi connectivity index (χ4n) is 5.38. The molecular formula is C25H28N6O2. The van der Waals surface area contributed by atoms with E-state index in [4.69, 9.17) is 9.84 Å². The number of ether oxygens (including phenoxy) is 1. The number of imidazole rings is 1. The van der Waals surface area contributed by atoms with Gasteiger partial charge in [-0.15, -0.1) is 0 Å². The number of hydrogen-bond acceptors (Lipinski definition) is 6. The van der Waals surface area contributed by atoms with E-state index in [-0.39, 0.29) is 17.4 Å². The summed E-state index contributed by atoms with van der Waals surface area (Å²) in [4.78, 5) is 27.2. The molecule has 5 heterocycles. The van der Waals surface area contributed by atoms with Crippen molar-refractivity contribution in [3.05, 3.63) is 70.4 Å². The van der Waals surface area contributed by atoms with Crippen molar-refractivity contribution in [1.29, 1.82) is 0 Å². The van der Waals surface area contributed by atoms with E-state index in [1.54, 1.807) is 10.7 Å². The van der Waals surface area contributed by atoms with Gasteiger partial charge in [0.2, 0.25) is 0 Å². The van der Waals surface area contributed by atoms with Gasteiger partial charge in [-0.25, -0.2) is 9.50 Å². The zero-order valence-corrected chi connectivity index (χ0v) is 18.8. The van der Waals surface area contributed by atoms with Crippen molar-refractivity contribution in [3.63, 3.8) is 0 Å². The Morgan fingerprint density at radius 2 is 2.00 bits per heavy atom. The number of hydrogen-bond donors (Lipinski definition) is 1. The molecule has 6 rings (SSSR count). The maximum atomic E-state index is 12.9. The monoisotopic (exact) mass is 444 g/mol. The largest absolute Gasteiger partial charge is 0.381 e. The molecule has 2 aliphatic heterocycles. The van der Waals surface area contributed by atoms with Gasteiger partial charge < -0.3 is 9.72 Å². The highest BCUT2D eigenvalue weighted by molar-refractivity contribution is 5.81. The molecule has 0 spiro atoms. The van der Waals surface area contributed by atoms with E-state index in [1.165, 1.54) is 10.9 Å². The number of nitrogens with zero attached hydrogens (tertiary/aromatic N) is 5. The molecule has 0 radical (unpaired) electrons. The SMILES string of the molecule is CC1CN(Cc2ccc3ccncc3c2)CC1c1nn2c(C3CCOCC3)ncc2c(=O)[nH]1. The third-order valence-electron chi connectivity index (χ3n) is 7.18. The van der Waals surface area contributed by atoms with Gasteiger partial charge in [0.1, 0.15) is 11.6 Å². The number of H-pyrrole nitrogens is 1. The van der Waals surface area contributed by atoms with Crippen LogP contribution in [0.2, 0.25) is 0 Å². The van der Waals surface area contributed by atoms with Crippen LogP contribution in [0, 0.1) is 5.92 Å². The molecule has 33 heavy (non-hydrogen) atoms. The lowest BCUT2D eigenvalue weighted by atomic mass is 9.97. The second-order valence-corrected chi connectivity index (χ2v) is 9.47. The minimum absolute atomic E-state index is 0.113. The first-order valence-electron chi connectivity index (χ1n) is 11.8. The van der Waals surface area contributed by atoms with E-state index in [1.807, 2.05) is 18.5 Å². The Balaban J connectivity index is 1.26. The van der Waals surface area contributed by atoms with E-state index in [0.29, 0.717) is 11.4 Å². The predicted molar refractivity (Wildman–Crippen MR) is 125 cm³/mol. The summed E-state index contributed by atoms with van der Waals surface area (Å²) in [6.45, 7) is 6.41. The van der Waals surface area contributed by atoms with Crippen LogP contribution in [0.4, 0.5) is 0 Å². The standard InChI is InChI=1S/C25H28N6O2/c1-16-13-30(14-17-2-3-18-4-7-26-11-20(18)10-17)15-21(16)23-28-25(32)22-12-27-24(31(22)29-23)19-5-8-33-9-6-19/h2-4,7,10-12,16,19,21H,5-6,8-9,13-15H2,1H3,(H,28,29,32). The van der Waals surface area contributed by atoms with Crippen LogP contribution in [0.25, 0.3) is 16.3 Å². The molecular weight excluding hydrogens is 416 g/mol. The highest BCUT2D eigenvalue weighted by atomic mass is 16.5. The van der Waals surface area contributed by atoms with Crippen molar-refractivity contribution in [2.24, 2.45) is 5.92 Å². The highest BCUT2D eigenvalue weighted by Crippen LogP contribution is 2.32. The molecule has 1 aromatic carbocycles. The Morgan fingerprint density at radius 3 is 2.88 bits per heavy atom. The molecule has 2 atom stereocenters. The maximum absolute atomic E-state index is 12.9. The Labute approximate surface area is 191 Å². The van der Waals surface area contributed by atoms with Crippen molar-refractivity contribution < 1.29 is 4.74 Å². The Hall–Kier alpha value is -3.10. The molecule has 4 aromatic rings. The van der Waals surface area contributed by atoms with E-state index in [0.717, 1.165) is 62.7 Å². The van der Waals surface area contributed by atoms with Crippen molar-refractivity contribution in [1.82, 2.24) is 29.5 Å². The van der Waals surface area contributed by atoms with Gasteiger partial charge in [-0.05, 0) is 41.8 Å². The fraction of sp³-hybridized carbons (Fsp3) is 0.440. The molecule has 2 aliphatic rings. The smallest absolute Gasteiger partial charge is 0.276 e. The molecule has 2 unspecified atom stereocenters. The third kappa shape index (κ3) is 3.83. The summed E-state index contributed by atoms with van der Waals surface area (Å²) >= 11 is 0. The Bertz CT molecular complexity index is 1360. The van der Waals surface area contributed by atoms with Crippen LogP contribution in [0.1, 0.15) is 48.8 Å². The minimum atomic E-state index is -0.113. The second kappa shape index (κ2) is 8.35. The van der Waals surface area contributed by atoms with E-state index >= 15 is 0 Å². The number of benzene rings is 1. The first kappa shape index (κ1) is 20.5. The lowest BCUT2D eigenvalue weighted by Gasteiger charge is -2.21. The lowest BCUT2D eigenvalue weighted by molar-refractivity contribution is 0.0832. The number of likely N-dealkylation sites (tertiary alicyclic amines) is 1. The average Bonchev–Trinajstić information content (AvgIpc) is 3.43. The molecule has 2 saturated heterocycles. The summed E-state index contributed by atoms with van der Waals surface area (Å²) in [5, 5.41) is 7.28. The zero-order valence-electron chi connectivity index (χ0n) is 18.8. The van der Waals surface area contributed by atoms with Crippen LogP contribution < -0.4 is 5.56 Å². The normalized spacial score (nSPS) is 22.5. The molecule has 0 aliphatic carbocycles. The molecule has 3 aromatic heterocycles. The number of aromatic nitrogens is 5. The topological polar surface area (TPSA) is 88.4 Å². The molecule has 8 nitrogen and oxygen atoms in total. The summed E-state index contributed by atoms with van der Waals surface area (Å²) in [7, 11) is 0. The first-order valence-corrected chi connectivity index (χ1v) is 11.8. The Morgan fingerprint density at radius 1 is 1.12 bits per heavy atom. The van der Waals surface area contributed by atoms with Gasteiger partial charge in [0.15, 0.2) is 5.52 Å². The molecule has 1 N–H and O–H groups in total. The zero-order chi connectivity index (χ0) is 22.4. The predicted octanol–water partition coefficient (Wildman–Crippen LogP) is 3.10. The third-order valence-corrected chi connectivity index (χ3v) is 7.18. The van der Waals surface area contributed by atoms with Crippen LogP contribution >= 0.6 is 0 Å². The van der Waals surface area contributed by atoms with Crippen molar-refractivity contribution in [2.75, 3.05) is 26.3 Å². The van der Waals surface area contributed by atoms with Crippen LogP contribution in [0.15, 0.2) is 47.7 Å². The van der Waals surface area contributed by atoms with Gasteiger partial charge in [0, 0.05) is 62.5 Å². The number of nitrogens with one attached hydrogen (secondary N) is 1. The number of fused-ring (bicyclic) bond motifs is 2. The van der Waals surface area contributed by atoms with Gasteiger partial charge >= 0.3 is 0 Å². The summed E-state index contributed by atoms with van der Waals surface area (Å²) < 4.78 is 7.29. The quantitative estimate of drug-likeness (QED) is 0.520. The molecule has 0 bridgehead atoms. The van der Waals surface area contributed by atoms with Crippen LogP contribution in [-0.4, -0.2) is 55.8 Å². The summed E-state index contributed by atoms with van der Waals surface area (Å²) in [5.74, 6) is 2.49. The van der Waals surface area contributed by atoms with Crippen LogP contribution in [0.5, 0.6) is 0 Å². The number of aromatic amines is 1. The molecule has 8 heteroatoms. The average molecular weight is 445 g/mol. The van der Waals surface area contributed by atoms with Crippen molar-refractivity contribution in [3.8, 4) is 0 Å². The van der Waals surface area contributed by atoms with Gasteiger partial charge in [-0.3, -0.25) is 14.7 Å². The van der Waals surface area contributed by atoms with E-state index in [9.17, 15) is 4.79 Å². The summed E-state index contributed by atoms with van der Waals surface area (Å²) in [6.07, 6.45) is 7.22. The summed E-state index contributed by atoms with van der Waals surface area (Å²) in [6, 6.07) is 8.61. The minimum Gasteiger partial charge on any atom is -0.381 e. The van der Waals surface area contributed by atoms with Gasteiger partial charge in [-0.2, -0.15) is 5.10 Å². The molecule has 0 saturated carbocycles. The first-order chi connectivity index (χ1) is 16.2. The van der Waals surface area contributed by atoms with E-state index < -0.39 is 0 Å².